The molecule has 1 aromatic rings. The van der Waals surface area contributed by atoms with Crippen molar-refractivity contribution in [3.8, 4) is 0 Å². The molecule has 1 aliphatic carbocycles. The lowest BCUT2D eigenvalue weighted by atomic mass is 10.1. The largest absolute Gasteiger partial charge is 0.355 e. The molecule has 21 heavy (non-hydrogen) atoms. The van der Waals surface area contributed by atoms with Gasteiger partial charge in [-0.1, -0.05) is 29.8 Å². The maximum atomic E-state index is 12.0. The summed E-state index contributed by atoms with van der Waals surface area (Å²) in [5.74, 6) is 0.577. The Morgan fingerprint density at radius 1 is 1.38 bits per heavy atom. The molecule has 0 spiro atoms. The Hall–Kier alpha value is -1.84. The van der Waals surface area contributed by atoms with Gasteiger partial charge in [0.15, 0.2) is 0 Å². The molecule has 1 saturated heterocycles. The fourth-order valence-corrected chi connectivity index (χ4v) is 3.01. The van der Waals surface area contributed by atoms with Crippen LogP contribution < -0.4 is 5.32 Å². The number of hydrogen-bond acceptors (Lipinski definition) is 2. The third-order valence-electron chi connectivity index (χ3n) is 4.26. The van der Waals surface area contributed by atoms with E-state index in [1.54, 1.807) is 0 Å². The van der Waals surface area contributed by atoms with E-state index >= 15 is 0 Å². The maximum Gasteiger partial charge on any atom is 0.224 e. The van der Waals surface area contributed by atoms with E-state index in [9.17, 15) is 9.59 Å². The minimum absolute atomic E-state index is 0.0397. The zero-order valence-electron chi connectivity index (χ0n) is 12.5. The predicted molar refractivity (Wildman–Crippen MR) is 80.7 cm³/mol. The van der Waals surface area contributed by atoms with Crippen molar-refractivity contribution in [2.24, 2.45) is 5.92 Å². The van der Waals surface area contributed by atoms with Crippen LogP contribution in [0.1, 0.15) is 30.4 Å². The van der Waals surface area contributed by atoms with Gasteiger partial charge in [0.25, 0.3) is 0 Å². The lowest BCUT2D eigenvalue weighted by molar-refractivity contribution is -0.128. The van der Waals surface area contributed by atoms with Crippen molar-refractivity contribution < 1.29 is 9.59 Å². The van der Waals surface area contributed by atoms with E-state index in [1.807, 2.05) is 36.1 Å². The third-order valence-corrected chi connectivity index (χ3v) is 4.26. The van der Waals surface area contributed by atoms with Gasteiger partial charge in [-0.2, -0.15) is 0 Å². The number of rotatable bonds is 5. The molecule has 1 heterocycles. The first-order chi connectivity index (χ1) is 10.1. The summed E-state index contributed by atoms with van der Waals surface area (Å²) in [7, 11) is 0. The molecule has 1 atom stereocenters. The molecule has 1 saturated carbocycles. The lowest BCUT2D eigenvalue weighted by Crippen LogP contribution is -2.32. The summed E-state index contributed by atoms with van der Waals surface area (Å²) in [4.78, 5) is 25.8. The highest BCUT2D eigenvalue weighted by atomic mass is 16.2. The fourth-order valence-electron chi connectivity index (χ4n) is 3.01. The van der Waals surface area contributed by atoms with Crippen LogP contribution in [0.4, 0.5) is 0 Å². The molecule has 2 amide bonds. The summed E-state index contributed by atoms with van der Waals surface area (Å²) in [6.45, 7) is 3.45. The predicted octanol–water partition coefficient (Wildman–Crippen LogP) is 1.66. The fraction of sp³-hybridized carbons (Fsp3) is 0.529. The Morgan fingerprint density at radius 3 is 2.90 bits per heavy atom. The highest BCUT2D eigenvalue weighted by Crippen LogP contribution is 2.32. The Morgan fingerprint density at radius 2 is 2.19 bits per heavy atom. The van der Waals surface area contributed by atoms with Crippen LogP contribution in [0.25, 0.3) is 0 Å². The van der Waals surface area contributed by atoms with Crippen LogP contribution in [-0.4, -0.2) is 35.8 Å². The average Bonchev–Trinajstić information content (AvgIpc) is 3.20. The molecule has 4 nitrogen and oxygen atoms in total. The molecule has 2 aliphatic rings. The van der Waals surface area contributed by atoms with E-state index < -0.39 is 0 Å². The zero-order chi connectivity index (χ0) is 14.8. The lowest BCUT2D eigenvalue weighted by Gasteiger charge is -2.15. The molecule has 4 heteroatoms. The average molecular weight is 286 g/mol. The molecule has 1 N–H and O–H groups in total. The summed E-state index contributed by atoms with van der Waals surface area (Å²) in [5.41, 5.74) is 2.20. The molecule has 1 aliphatic heterocycles. The van der Waals surface area contributed by atoms with E-state index in [-0.39, 0.29) is 17.7 Å². The SMILES string of the molecule is Cc1cccc(CC(=O)NCC2CC(=O)N(C3CC3)C2)c1. The standard InChI is InChI=1S/C17H22N2O2/c1-12-3-2-4-13(7-12)8-16(20)18-10-14-9-17(21)19(11-14)15-5-6-15/h2-4,7,14-15H,5-6,8-11H2,1H3,(H,18,20). The van der Waals surface area contributed by atoms with Crippen LogP contribution in [0.15, 0.2) is 24.3 Å². The molecule has 3 rings (SSSR count). The smallest absolute Gasteiger partial charge is 0.224 e. The molecule has 112 valence electrons. The summed E-state index contributed by atoms with van der Waals surface area (Å²) in [6, 6.07) is 8.50. The van der Waals surface area contributed by atoms with Gasteiger partial charge in [-0.15, -0.1) is 0 Å². The molecule has 1 unspecified atom stereocenters. The first-order valence-electron chi connectivity index (χ1n) is 7.73. The highest BCUT2D eigenvalue weighted by Gasteiger charge is 2.39. The Bertz CT molecular complexity index is 551. The Labute approximate surface area is 125 Å². The number of nitrogens with zero attached hydrogens (tertiary/aromatic N) is 1. The summed E-state index contributed by atoms with van der Waals surface area (Å²) in [5, 5.41) is 2.98. The van der Waals surface area contributed by atoms with E-state index in [1.165, 1.54) is 5.56 Å². The van der Waals surface area contributed by atoms with E-state index in [2.05, 4.69) is 5.32 Å². The number of nitrogens with one attached hydrogen (secondary N) is 1. The maximum absolute atomic E-state index is 12.0. The van der Waals surface area contributed by atoms with E-state index in [0.717, 1.165) is 24.9 Å². The number of carbonyl (C=O) groups excluding carboxylic acids is 2. The van der Waals surface area contributed by atoms with Crippen molar-refractivity contribution in [2.75, 3.05) is 13.1 Å². The summed E-state index contributed by atoms with van der Waals surface area (Å²) < 4.78 is 0. The van der Waals surface area contributed by atoms with Crippen LogP contribution in [0.2, 0.25) is 0 Å². The number of carbonyl (C=O) groups is 2. The van der Waals surface area contributed by atoms with Gasteiger partial charge in [0.2, 0.25) is 11.8 Å². The van der Waals surface area contributed by atoms with Crippen LogP contribution in [-0.2, 0) is 16.0 Å². The minimum Gasteiger partial charge on any atom is -0.355 e. The van der Waals surface area contributed by atoms with Gasteiger partial charge in [-0.25, -0.2) is 0 Å². The third kappa shape index (κ3) is 3.63. The van der Waals surface area contributed by atoms with E-state index in [0.29, 0.717) is 25.4 Å². The van der Waals surface area contributed by atoms with Gasteiger partial charge in [0, 0.05) is 31.5 Å². The number of amides is 2. The summed E-state index contributed by atoms with van der Waals surface area (Å²) in [6.07, 6.45) is 3.30. The quantitative estimate of drug-likeness (QED) is 0.895. The van der Waals surface area contributed by atoms with Gasteiger partial charge >= 0.3 is 0 Å². The molecule has 0 radical (unpaired) electrons. The molecular weight excluding hydrogens is 264 g/mol. The molecule has 1 aromatic carbocycles. The number of likely N-dealkylation sites (tertiary alicyclic amines) is 1. The topological polar surface area (TPSA) is 49.4 Å². The van der Waals surface area contributed by atoms with Gasteiger partial charge in [0.05, 0.1) is 6.42 Å². The van der Waals surface area contributed by atoms with Crippen LogP contribution in [0, 0.1) is 12.8 Å². The normalized spacial score (nSPS) is 21.7. The van der Waals surface area contributed by atoms with Crippen LogP contribution in [0.3, 0.4) is 0 Å². The second-order valence-corrected chi connectivity index (χ2v) is 6.32. The first kappa shape index (κ1) is 14.1. The van der Waals surface area contributed by atoms with Gasteiger partial charge in [0.1, 0.15) is 0 Å². The first-order valence-corrected chi connectivity index (χ1v) is 7.73. The zero-order valence-corrected chi connectivity index (χ0v) is 12.5. The van der Waals surface area contributed by atoms with Crippen molar-refractivity contribution in [3.63, 3.8) is 0 Å². The Kier molecular flexibility index (Phi) is 3.95. The van der Waals surface area contributed by atoms with Crippen molar-refractivity contribution >= 4 is 11.8 Å². The molecule has 0 aromatic heterocycles. The highest BCUT2D eigenvalue weighted by molar-refractivity contribution is 5.80. The number of benzene rings is 1. The second-order valence-electron chi connectivity index (χ2n) is 6.32. The number of aryl methyl sites for hydroxylation is 1. The van der Waals surface area contributed by atoms with Gasteiger partial charge in [-0.05, 0) is 25.3 Å². The van der Waals surface area contributed by atoms with Crippen LogP contribution >= 0.6 is 0 Å². The molecular formula is C17H22N2O2. The van der Waals surface area contributed by atoms with Crippen molar-refractivity contribution in [2.45, 2.75) is 38.6 Å². The van der Waals surface area contributed by atoms with Crippen molar-refractivity contribution in [1.29, 1.82) is 0 Å². The van der Waals surface area contributed by atoms with Crippen molar-refractivity contribution in [3.05, 3.63) is 35.4 Å². The van der Waals surface area contributed by atoms with Crippen molar-refractivity contribution in [1.82, 2.24) is 10.2 Å². The molecule has 0 bridgehead atoms. The van der Waals surface area contributed by atoms with Gasteiger partial charge < -0.3 is 10.2 Å². The van der Waals surface area contributed by atoms with Gasteiger partial charge in [-0.3, -0.25) is 9.59 Å². The summed E-state index contributed by atoms with van der Waals surface area (Å²) >= 11 is 0. The minimum atomic E-state index is 0.0397. The Balaban J connectivity index is 1.45. The van der Waals surface area contributed by atoms with E-state index in [4.69, 9.17) is 0 Å². The number of hydrogen-bond donors (Lipinski definition) is 1. The van der Waals surface area contributed by atoms with Crippen LogP contribution in [0.5, 0.6) is 0 Å². The monoisotopic (exact) mass is 286 g/mol. The second kappa shape index (κ2) is 5.88. The molecule has 2 fully saturated rings.